The van der Waals surface area contributed by atoms with Gasteiger partial charge in [0.25, 0.3) is 23.9 Å². The third-order valence-corrected chi connectivity index (χ3v) is 0.192. The molecular formula is C11H22N2O8. The highest BCUT2D eigenvalue weighted by Crippen LogP contribution is 1.44. The lowest BCUT2D eigenvalue weighted by Crippen LogP contribution is -2.27. The number of carbonyl (C=O) groups is 4. The second kappa shape index (κ2) is 26.0. The Morgan fingerprint density at radius 1 is 0.762 bits per heavy atom. The molecule has 0 spiro atoms. The van der Waals surface area contributed by atoms with Crippen LogP contribution in [0.2, 0.25) is 0 Å². The molecule has 0 saturated heterocycles. The van der Waals surface area contributed by atoms with E-state index in [2.05, 4.69) is 12.3 Å². The molecule has 0 aromatic carbocycles. The van der Waals surface area contributed by atoms with Crippen molar-refractivity contribution in [1.29, 1.82) is 0 Å². The van der Waals surface area contributed by atoms with Crippen molar-refractivity contribution in [2.75, 3.05) is 0 Å². The van der Waals surface area contributed by atoms with Crippen LogP contribution in [-0.2, 0) is 19.2 Å². The second-order valence-electron chi connectivity index (χ2n) is 2.77. The predicted octanol–water partition coefficient (Wildman–Crippen LogP) is -0.773. The first-order valence-corrected chi connectivity index (χ1v) is 4.95. The van der Waals surface area contributed by atoms with Gasteiger partial charge in [-0.1, -0.05) is 5.92 Å². The molecule has 0 aromatic rings. The minimum atomic E-state index is -0.833. The van der Waals surface area contributed by atoms with Crippen molar-refractivity contribution in [3.63, 3.8) is 0 Å². The maximum Gasteiger partial charge on any atom is 0.300 e. The molecule has 0 fully saturated rings. The molecule has 0 unspecified atom stereocenters. The van der Waals surface area contributed by atoms with E-state index in [9.17, 15) is 0 Å². The summed E-state index contributed by atoms with van der Waals surface area (Å²) < 4.78 is 0. The van der Waals surface area contributed by atoms with Crippen LogP contribution >= 0.6 is 0 Å². The van der Waals surface area contributed by atoms with E-state index in [0.717, 1.165) is 27.7 Å². The lowest BCUT2D eigenvalue weighted by molar-refractivity contribution is -0.135. The number of hydrogen-bond donors (Lipinski definition) is 6. The Bertz CT molecular complexity index is 270. The summed E-state index contributed by atoms with van der Waals surface area (Å²) in [6, 6.07) is 0. The third-order valence-electron chi connectivity index (χ3n) is 0.192. The highest BCUT2D eigenvalue weighted by molar-refractivity contribution is 5.63. The topological polar surface area (TPSA) is 201 Å². The summed E-state index contributed by atoms with van der Waals surface area (Å²) >= 11 is 0. The van der Waals surface area contributed by atoms with E-state index in [4.69, 9.17) is 51.1 Å². The van der Waals surface area contributed by atoms with Crippen molar-refractivity contribution in [2.24, 2.45) is 11.5 Å². The fourth-order valence-electron chi connectivity index (χ4n) is 0. The van der Waals surface area contributed by atoms with Gasteiger partial charge in [0.15, 0.2) is 0 Å². The van der Waals surface area contributed by atoms with Crippen LogP contribution in [0.5, 0.6) is 0 Å². The lowest BCUT2D eigenvalue weighted by Gasteiger charge is -1.83. The Hall–Kier alpha value is -2.64. The molecule has 0 bridgehead atoms. The average molecular weight is 310 g/mol. The summed E-state index contributed by atoms with van der Waals surface area (Å²) in [6.45, 7) is 4.33. The van der Waals surface area contributed by atoms with Gasteiger partial charge in [-0.05, 0) is 0 Å². The predicted molar refractivity (Wildman–Crippen MR) is 74.2 cm³/mol. The molecule has 10 nitrogen and oxygen atoms in total. The van der Waals surface area contributed by atoms with Crippen molar-refractivity contribution in [3.8, 4) is 12.3 Å². The Kier molecular flexibility index (Phi) is 38.4. The molecule has 8 N–H and O–H groups in total. The first-order valence-electron chi connectivity index (χ1n) is 4.95. The minimum Gasteiger partial charge on any atom is -0.481 e. The molecule has 0 aliphatic heterocycles. The fraction of sp³-hybridized carbons (Fsp3) is 0.455. The van der Waals surface area contributed by atoms with Gasteiger partial charge < -0.3 is 31.9 Å². The number of aliphatic carboxylic acids is 4. The fourth-order valence-corrected chi connectivity index (χ4v) is 0. The number of nitrogens with two attached hydrogens (primary N) is 2. The molecule has 21 heavy (non-hydrogen) atoms. The van der Waals surface area contributed by atoms with Crippen molar-refractivity contribution >= 4 is 23.9 Å². The number of rotatable bonds is 0. The Labute approximate surface area is 122 Å². The van der Waals surface area contributed by atoms with Gasteiger partial charge in [-0.3, -0.25) is 19.2 Å². The van der Waals surface area contributed by atoms with Gasteiger partial charge in [0.05, 0.1) is 0 Å². The minimum absolute atomic E-state index is 0.588. The van der Waals surface area contributed by atoms with Crippen LogP contribution in [0.15, 0.2) is 0 Å². The van der Waals surface area contributed by atoms with Crippen LogP contribution < -0.4 is 11.5 Å². The van der Waals surface area contributed by atoms with E-state index in [0.29, 0.717) is 0 Å². The van der Waals surface area contributed by atoms with Crippen LogP contribution in [0.25, 0.3) is 0 Å². The van der Waals surface area contributed by atoms with E-state index < -0.39 is 30.0 Å². The molecule has 0 heterocycles. The van der Waals surface area contributed by atoms with Crippen LogP contribution in [-0.4, -0.2) is 50.5 Å². The smallest absolute Gasteiger partial charge is 0.300 e. The maximum atomic E-state index is 9.00. The summed E-state index contributed by atoms with van der Waals surface area (Å²) in [7, 11) is 0. The van der Waals surface area contributed by atoms with Crippen LogP contribution in [0.1, 0.15) is 27.7 Å². The Morgan fingerprint density at radius 3 is 0.810 bits per heavy atom. The van der Waals surface area contributed by atoms with Gasteiger partial charge in [-0.15, -0.1) is 6.42 Å². The standard InChI is InChI=1S/C3H6N2.4C2H4O2/c1-2-3(4)5;4*1-2(3)4/h1,3H,4-5H2;4*1H3,(H,3,4). The van der Waals surface area contributed by atoms with Gasteiger partial charge in [0.2, 0.25) is 0 Å². The van der Waals surface area contributed by atoms with Gasteiger partial charge in [-0.25, -0.2) is 0 Å². The van der Waals surface area contributed by atoms with Crippen molar-refractivity contribution in [2.45, 2.75) is 33.9 Å². The number of terminal acetylenes is 1. The van der Waals surface area contributed by atoms with E-state index in [1.165, 1.54) is 0 Å². The van der Waals surface area contributed by atoms with Crippen molar-refractivity contribution in [3.05, 3.63) is 0 Å². The van der Waals surface area contributed by atoms with Gasteiger partial charge in [0.1, 0.15) is 6.17 Å². The SMILES string of the molecule is C#CC(N)N.CC(=O)O.CC(=O)O.CC(=O)O.CC(=O)O. The van der Waals surface area contributed by atoms with E-state index in [-0.39, 0.29) is 0 Å². The van der Waals surface area contributed by atoms with Crippen LogP contribution in [0.4, 0.5) is 0 Å². The molecule has 0 aliphatic carbocycles. The van der Waals surface area contributed by atoms with Gasteiger partial charge in [0, 0.05) is 27.7 Å². The summed E-state index contributed by atoms with van der Waals surface area (Å²) in [5.74, 6) is -1.25. The molecule has 0 aromatic heterocycles. The van der Waals surface area contributed by atoms with E-state index >= 15 is 0 Å². The van der Waals surface area contributed by atoms with Crippen molar-refractivity contribution in [1.82, 2.24) is 0 Å². The Morgan fingerprint density at radius 2 is 0.810 bits per heavy atom. The normalized spacial score (nSPS) is 6.57. The van der Waals surface area contributed by atoms with E-state index in [1.54, 1.807) is 0 Å². The van der Waals surface area contributed by atoms with Gasteiger partial charge in [-0.2, -0.15) is 0 Å². The summed E-state index contributed by atoms with van der Waals surface area (Å²) in [5, 5.41) is 29.7. The highest BCUT2D eigenvalue weighted by Gasteiger charge is 1.72. The molecule has 124 valence electrons. The summed E-state index contributed by atoms with van der Waals surface area (Å²) in [5.41, 5.74) is 9.67. The molecule has 0 rings (SSSR count). The number of carboxylic acid groups (broad SMARTS) is 4. The number of hydrogen-bond acceptors (Lipinski definition) is 6. The summed E-state index contributed by atoms with van der Waals surface area (Å²) in [4.78, 5) is 36.0. The molecule has 0 saturated carbocycles. The zero-order valence-corrected chi connectivity index (χ0v) is 12.2. The van der Waals surface area contributed by atoms with Crippen LogP contribution in [0.3, 0.4) is 0 Å². The molecule has 0 atom stereocenters. The molecule has 0 aliphatic rings. The summed E-state index contributed by atoms with van der Waals surface area (Å²) in [6.07, 6.45) is 4.08. The largest absolute Gasteiger partial charge is 0.481 e. The molecular weight excluding hydrogens is 288 g/mol. The van der Waals surface area contributed by atoms with Gasteiger partial charge >= 0.3 is 0 Å². The first kappa shape index (κ1) is 31.0. The Balaban J connectivity index is -0.0000000510. The molecule has 0 radical (unpaired) electrons. The van der Waals surface area contributed by atoms with E-state index in [1.807, 2.05) is 0 Å². The van der Waals surface area contributed by atoms with Crippen molar-refractivity contribution < 1.29 is 39.6 Å². The third kappa shape index (κ3) is 10000. The molecule has 10 heteroatoms. The molecule has 0 amide bonds. The monoisotopic (exact) mass is 310 g/mol. The maximum absolute atomic E-state index is 9.00. The zero-order valence-electron chi connectivity index (χ0n) is 12.2. The number of carboxylic acids is 4. The quantitative estimate of drug-likeness (QED) is 0.243. The van der Waals surface area contributed by atoms with Crippen LogP contribution in [0, 0.1) is 12.3 Å². The first-order chi connectivity index (χ1) is 9.20. The lowest BCUT2D eigenvalue weighted by atomic mass is 10.6. The average Bonchev–Trinajstić information content (AvgIpc) is 2.13. The second-order valence-corrected chi connectivity index (χ2v) is 2.77. The highest BCUT2D eigenvalue weighted by atomic mass is 16.4. The zero-order chi connectivity index (χ0) is 18.6.